The fourth-order valence-electron chi connectivity index (χ4n) is 7.36. The average molecular weight is 735 g/mol. The third-order valence-corrected chi connectivity index (χ3v) is 11.0. The van der Waals surface area contributed by atoms with Crippen molar-refractivity contribution in [2.45, 2.75) is 71.4 Å². The van der Waals surface area contributed by atoms with Gasteiger partial charge in [0.05, 0.1) is 26.1 Å². The van der Waals surface area contributed by atoms with E-state index in [2.05, 4.69) is 20.6 Å². The number of amides is 1. The number of methoxy groups -OCH3 is 2. The fourth-order valence-corrected chi connectivity index (χ4v) is 7.36. The van der Waals surface area contributed by atoms with Crippen molar-refractivity contribution in [3.8, 4) is 22.6 Å². The van der Waals surface area contributed by atoms with Gasteiger partial charge in [-0.15, -0.1) is 0 Å². The van der Waals surface area contributed by atoms with Gasteiger partial charge in [0.2, 0.25) is 0 Å². The second-order valence-electron chi connectivity index (χ2n) is 14.4. The van der Waals surface area contributed by atoms with Crippen molar-refractivity contribution in [3.63, 3.8) is 0 Å². The number of carbonyl (C=O) groups excluding carboxylic acids is 2. The van der Waals surface area contributed by atoms with Gasteiger partial charge in [-0.2, -0.15) is 0 Å². The molecule has 2 saturated carbocycles. The number of ether oxygens (including phenoxy) is 2. The maximum atomic E-state index is 13.5. The van der Waals surface area contributed by atoms with Crippen molar-refractivity contribution in [1.82, 2.24) is 15.3 Å². The molecule has 4 aromatic rings. The van der Waals surface area contributed by atoms with E-state index in [1.165, 1.54) is 0 Å². The van der Waals surface area contributed by atoms with Gasteiger partial charge in [0.25, 0.3) is 5.91 Å². The number of aliphatic carboxylic acids is 2. The molecule has 4 N–H and O–H groups in total. The number of carbonyl (C=O) groups is 4. The Bertz CT molecular complexity index is 1920. The predicted molar refractivity (Wildman–Crippen MR) is 202 cm³/mol. The number of anilines is 1. The van der Waals surface area contributed by atoms with Crippen molar-refractivity contribution < 1.29 is 38.9 Å². The summed E-state index contributed by atoms with van der Waals surface area (Å²) in [5.74, 6) is -1.11. The quantitative estimate of drug-likeness (QED) is 0.0931. The summed E-state index contributed by atoms with van der Waals surface area (Å²) in [6.07, 6.45) is 7.50. The molecule has 0 atom stereocenters. The highest BCUT2D eigenvalue weighted by Crippen LogP contribution is 2.38. The van der Waals surface area contributed by atoms with Crippen molar-refractivity contribution in [2.24, 2.45) is 17.8 Å². The molecule has 12 heteroatoms. The molecule has 0 radical (unpaired) electrons. The number of pyridine rings is 2. The Morgan fingerprint density at radius 1 is 0.759 bits per heavy atom. The molecule has 2 aliphatic rings. The molecule has 0 spiro atoms. The van der Waals surface area contributed by atoms with Crippen LogP contribution in [-0.2, 0) is 29.0 Å². The van der Waals surface area contributed by atoms with E-state index in [0.717, 1.165) is 45.4 Å². The van der Waals surface area contributed by atoms with Crippen molar-refractivity contribution in [3.05, 3.63) is 100 Å². The first kappa shape index (κ1) is 38.1. The largest absolute Gasteiger partial charge is 0.496 e. The molecule has 54 heavy (non-hydrogen) atoms. The number of nitrogens with zero attached hydrogens (tertiary/aromatic N) is 2. The molecule has 1 amide bonds. The highest BCUT2D eigenvalue weighted by Gasteiger charge is 2.35. The molecular formula is C42H46N4O8. The van der Waals surface area contributed by atoms with Crippen LogP contribution in [0, 0.1) is 31.6 Å². The SMILES string of the molecule is COc1cc(C(=O)Nc2cccc(-c3cccc(CC(=O)c4cc(OC)c(CNC5CC(C(=O)O)C5)cn4)c3C)c2C)ncc1CCC1CC(C(=O)O)C1. The highest BCUT2D eigenvalue weighted by molar-refractivity contribution is 6.04. The lowest BCUT2D eigenvalue weighted by Crippen LogP contribution is -2.43. The summed E-state index contributed by atoms with van der Waals surface area (Å²) < 4.78 is 11.2. The Labute approximate surface area is 314 Å². The van der Waals surface area contributed by atoms with E-state index in [1.54, 1.807) is 38.7 Å². The molecule has 0 bridgehead atoms. The zero-order chi connectivity index (χ0) is 38.5. The summed E-state index contributed by atoms with van der Waals surface area (Å²) >= 11 is 0. The lowest BCUT2D eigenvalue weighted by atomic mass is 9.72. The first-order chi connectivity index (χ1) is 25.9. The Balaban J connectivity index is 1.11. The maximum Gasteiger partial charge on any atom is 0.306 e. The first-order valence-corrected chi connectivity index (χ1v) is 18.2. The van der Waals surface area contributed by atoms with E-state index < -0.39 is 11.9 Å². The number of rotatable bonds is 16. The molecule has 2 aromatic carbocycles. The number of aromatic nitrogens is 2. The zero-order valence-electron chi connectivity index (χ0n) is 31.0. The summed E-state index contributed by atoms with van der Waals surface area (Å²) in [5.41, 5.74) is 7.31. The van der Waals surface area contributed by atoms with Crippen LogP contribution in [-0.4, -0.2) is 64.1 Å². The van der Waals surface area contributed by atoms with Gasteiger partial charge in [0, 0.05) is 60.3 Å². The molecule has 0 unspecified atom stereocenters. The third kappa shape index (κ3) is 8.44. The van der Waals surface area contributed by atoms with Crippen LogP contribution in [0.4, 0.5) is 5.69 Å². The van der Waals surface area contributed by atoms with Gasteiger partial charge in [-0.05, 0) is 92.2 Å². The predicted octanol–water partition coefficient (Wildman–Crippen LogP) is 6.45. The smallest absolute Gasteiger partial charge is 0.306 e. The fraction of sp³-hybridized carbons (Fsp3) is 0.381. The lowest BCUT2D eigenvalue weighted by molar-refractivity contribution is -0.147. The van der Waals surface area contributed by atoms with E-state index in [0.29, 0.717) is 67.4 Å². The summed E-state index contributed by atoms with van der Waals surface area (Å²) in [6, 6.07) is 15.0. The Hall–Kier alpha value is -5.62. The Kier molecular flexibility index (Phi) is 11.7. The number of aryl methyl sites for hydroxylation is 1. The van der Waals surface area contributed by atoms with Crippen LogP contribution in [0.25, 0.3) is 11.1 Å². The van der Waals surface area contributed by atoms with Gasteiger partial charge in [0.15, 0.2) is 5.78 Å². The van der Waals surface area contributed by atoms with Crippen LogP contribution in [0.15, 0.2) is 60.9 Å². The number of nitrogens with one attached hydrogen (secondary N) is 2. The minimum Gasteiger partial charge on any atom is -0.496 e. The molecule has 2 aromatic heterocycles. The average Bonchev–Trinajstić information content (AvgIpc) is 3.11. The number of benzene rings is 2. The summed E-state index contributed by atoms with van der Waals surface area (Å²) in [7, 11) is 3.10. The summed E-state index contributed by atoms with van der Waals surface area (Å²) in [4.78, 5) is 58.0. The topological polar surface area (TPSA) is 177 Å². The van der Waals surface area contributed by atoms with Gasteiger partial charge in [0.1, 0.15) is 22.9 Å². The highest BCUT2D eigenvalue weighted by atomic mass is 16.5. The van der Waals surface area contributed by atoms with Crippen molar-refractivity contribution in [1.29, 1.82) is 0 Å². The Morgan fingerprint density at radius 2 is 1.35 bits per heavy atom. The normalized spacial score (nSPS) is 18.9. The van der Waals surface area contributed by atoms with E-state index >= 15 is 0 Å². The number of Topliss-reactive ketones (excluding diaryl/α,β-unsaturated/α-hetero) is 1. The van der Waals surface area contributed by atoms with Crippen LogP contribution < -0.4 is 20.1 Å². The van der Waals surface area contributed by atoms with Gasteiger partial charge < -0.3 is 30.3 Å². The summed E-state index contributed by atoms with van der Waals surface area (Å²) in [6.45, 7) is 4.38. The van der Waals surface area contributed by atoms with Crippen LogP contribution in [0.3, 0.4) is 0 Å². The molecule has 12 nitrogen and oxygen atoms in total. The molecule has 2 aliphatic carbocycles. The standard InChI is InChI=1S/C42H46N4O8/c1-23-26(17-37(47)35-18-39(54-4)30(22-44-35)21-43-31-15-29(16-31)42(51)52)7-5-8-32(23)33-9-6-10-34(24(33)2)46-40(48)36-19-38(53-3)27(20-45-36)12-11-25-13-28(14-25)41(49)50/h5-10,18-20,22,25,28-29,31,43H,11-17,21H2,1-4H3,(H,46,48)(H,49,50)(H,51,52). The first-order valence-electron chi connectivity index (χ1n) is 18.2. The number of carboxylic acid groups (broad SMARTS) is 2. The van der Waals surface area contributed by atoms with Crippen LogP contribution in [0.1, 0.15) is 80.9 Å². The van der Waals surface area contributed by atoms with E-state index in [1.807, 2.05) is 50.2 Å². The number of hydrogen-bond donors (Lipinski definition) is 4. The van der Waals surface area contributed by atoms with Crippen LogP contribution >= 0.6 is 0 Å². The van der Waals surface area contributed by atoms with Gasteiger partial charge in [-0.3, -0.25) is 29.1 Å². The minimum absolute atomic E-state index is 0.123. The zero-order valence-corrected chi connectivity index (χ0v) is 31.0. The molecule has 2 fully saturated rings. The molecule has 6 rings (SSSR count). The van der Waals surface area contributed by atoms with Gasteiger partial charge >= 0.3 is 11.9 Å². The number of hydrogen-bond acceptors (Lipinski definition) is 9. The van der Waals surface area contributed by atoms with E-state index in [4.69, 9.17) is 19.7 Å². The van der Waals surface area contributed by atoms with Gasteiger partial charge in [-0.25, -0.2) is 0 Å². The second kappa shape index (κ2) is 16.6. The van der Waals surface area contributed by atoms with E-state index in [9.17, 15) is 19.2 Å². The third-order valence-electron chi connectivity index (χ3n) is 11.0. The Morgan fingerprint density at radius 3 is 2.04 bits per heavy atom. The number of ketones is 1. The lowest BCUT2D eigenvalue weighted by Gasteiger charge is -2.33. The van der Waals surface area contributed by atoms with Gasteiger partial charge in [-0.1, -0.05) is 30.3 Å². The van der Waals surface area contributed by atoms with Crippen molar-refractivity contribution in [2.75, 3.05) is 19.5 Å². The monoisotopic (exact) mass is 734 g/mol. The molecular weight excluding hydrogens is 688 g/mol. The minimum atomic E-state index is -0.766. The second-order valence-corrected chi connectivity index (χ2v) is 14.4. The molecule has 0 saturated heterocycles. The van der Waals surface area contributed by atoms with E-state index in [-0.39, 0.29) is 41.7 Å². The number of carboxylic acids is 2. The van der Waals surface area contributed by atoms with Crippen molar-refractivity contribution >= 4 is 29.3 Å². The molecule has 282 valence electrons. The molecule has 0 aliphatic heterocycles. The molecule has 2 heterocycles. The summed E-state index contributed by atoms with van der Waals surface area (Å²) in [5, 5.41) is 24.6. The van der Waals surface area contributed by atoms with Crippen LogP contribution in [0.5, 0.6) is 11.5 Å². The van der Waals surface area contributed by atoms with Crippen LogP contribution in [0.2, 0.25) is 0 Å². The maximum absolute atomic E-state index is 13.5.